The van der Waals surface area contributed by atoms with E-state index in [0.717, 1.165) is 0 Å². The minimum absolute atomic E-state index is 0. The summed E-state index contributed by atoms with van der Waals surface area (Å²) in [6.07, 6.45) is 16.0. The molecule has 0 aromatic heterocycles. The predicted octanol–water partition coefficient (Wildman–Crippen LogP) is -3.12. The quantitative estimate of drug-likeness (QED) is 0.505. The van der Waals surface area contributed by atoms with Crippen molar-refractivity contribution in [3.63, 3.8) is 0 Å². The third-order valence-corrected chi connectivity index (χ3v) is 5.27. The van der Waals surface area contributed by atoms with Crippen LogP contribution in [0.15, 0.2) is 43.0 Å². The van der Waals surface area contributed by atoms with E-state index in [-0.39, 0.29) is 49.5 Å². The zero-order valence-corrected chi connectivity index (χ0v) is 11.1. The maximum atomic E-state index is 2.31. The molecule has 0 aromatic carbocycles. The Hall–Kier alpha value is 0.423. The maximum absolute atomic E-state index is 2.31. The molecule has 0 heterocycles. The summed E-state index contributed by atoms with van der Waals surface area (Å²) in [7, 11) is 0. The van der Waals surface area contributed by atoms with Gasteiger partial charge in [-0.25, -0.2) is 0 Å². The minimum atomic E-state index is -0.312. The van der Waals surface area contributed by atoms with Crippen molar-refractivity contribution in [1.29, 1.82) is 0 Å². The summed E-state index contributed by atoms with van der Waals surface area (Å²) < 4.78 is 3.45. The van der Waals surface area contributed by atoms with Gasteiger partial charge in [-0.05, 0) is 0 Å². The molecule has 0 aromatic rings. The monoisotopic (exact) mass is 291 g/mol. The fraction of sp³-hybridized carbons (Fsp3) is 0.200. The third-order valence-electron chi connectivity index (χ3n) is 1.86. The van der Waals surface area contributed by atoms with Gasteiger partial charge in [0, 0.05) is 0 Å². The molecule has 2 rings (SSSR count). The molecule has 0 radical (unpaired) electrons. The van der Waals surface area contributed by atoms with Crippen LogP contribution < -0.4 is 24.8 Å². The van der Waals surface area contributed by atoms with Crippen LogP contribution in [0, 0.1) is 0 Å². The van der Waals surface area contributed by atoms with Crippen LogP contribution in [0.1, 0.15) is 14.3 Å². The largest absolute Gasteiger partial charge is 1.00 e. The Morgan fingerprint density at radius 1 is 0.923 bits per heavy atom. The fourth-order valence-corrected chi connectivity index (χ4v) is 4.26. The van der Waals surface area contributed by atoms with Crippen molar-refractivity contribution in [2.24, 2.45) is 0 Å². The topological polar surface area (TPSA) is 0 Å². The third kappa shape index (κ3) is 3.98. The Morgan fingerprint density at radius 3 is 1.69 bits per heavy atom. The van der Waals surface area contributed by atoms with E-state index < -0.39 is 0 Å². The maximum Gasteiger partial charge on any atom is -1.00 e. The van der Waals surface area contributed by atoms with Gasteiger partial charge in [-0.3, -0.25) is 0 Å². The van der Waals surface area contributed by atoms with E-state index in [0.29, 0.717) is 0 Å². The first-order valence-electron chi connectivity index (χ1n) is 3.93. The average Bonchev–Trinajstić information content (AvgIpc) is 2.60. The molecule has 0 unspecified atom stereocenters. The van der Waals surface area contributed by atoms with Gasteiger partial charge in [0.05, 0.1) is 0 Å². The molecule has 0 bridgehead atoms. The van der Waals surface area contributed by atoms with Gasteiger partial charge in [-0.2, -0.15) is 0 Å². The average molecular weight is 293 g/mol. The van der Waals surface area contributed by atoms with Gasteiger partial charge in [-0.15, -0.1) is 0 Å². The smallest absolute Gasteiger partial charge is 1.00 e. The van der Waals surface area contributed by atoms with Crippen molar-refractivity contribution in [1.82, 2.24) is 0 Å². The van der Waals surface area contributed by atoms with Gasteiger partial charge in [0.15, 0.2) is 0 Å². The summed E-state index contributed by atoms with van der Waals surface area (Å²) in [5.74, 6) is 0. The summed E-state index contributed by atoms with van der Waals surface area (Å²) >= 11 is -0.312. The summed E-state index contributed by atoms with van der Waals surface area (Å²) in [6.45, 7) is 0. The van der Waals surface area contributed by atoms with E-state index in [1.54, 1.807) is 6.56 Å². The van der Waals surface area contributed by atoms with Gasteiger partial charge in [0.1, 0.15) is 0 Å². The number of rotatable bonds is 2. The van der Waals surface area contributed by atoms with E-state index in [9.17, 15) is 0 Å². The van der Waals surface area contributed by atoms with Gasteiger partial charge in [0.2, 0.25) is 0 Å². The van der Waals surface area contributed by atoms with Crippen LogP contribution in [-0.2, 0) is 23.2 Å². The van der Waals surface area contributed by atoms with Gasteiger partial charge in [0.25, 0.3) is 0 Å². The fourth-order valence-electron chi connectivity index (χ4n) is 1.29. The number of allylic oxidation sites excluding steroid dienone is 8. The van der Waals surface area contributed by atoms with Gasteiger partial charge in [-0.1, -0.05) is 0 Å². The molecule has 0 atom stereocenters. The Balaban J connectivity index is 0. The second kappa shape index (κ2) is 6.81. The van der Waals surface area contributed by atoms with E-state index >= 15 is 0 Å². The van der Waals surface area contributed by atoms with Crippen molar-refractivity contribution >= 4 is 0 Å². The first kappa shape index (κ1) is 13.4. The summed E-state index contributed by atoms with van der Waals surface area (Å²) in [5, 5.41) is 0. The molecule has 2 aliphatic carbocycles. The molecule has 0 spiro atoms. The second-order valence-corrected chi connectivity index (χ2v) is 6.55. The first-order valence-corrected chi connectivity index (χ1v) is 6.39. The molecule has 0 aliphatic heterocycles. The van der Waals surface area contributed by atoms with Crippen molar-refractivity contribution in [2.75, 3.05) is 0 Å². The number of hydrogen-bond acceptors (Lipinski definition) is 0. The van der Waals surface area contributed by atoms with Crippen LogP contribution in [0.25, 0.3) is 0 Å². The first-order chi connectivity index (χ1) is 5.45. The summed E-state index contributed by atoms with van der Waals surface area (Å²) in [5.41, 5.74) is 0. The second-order valence-electron chi connectivity index (χ2n) is 2.77. The van der Waals surface area contributed by atoms with Crippen LogP contribution >= 0.6 is 0 Å². The Labute approximate surface area is 105 Å². The normalized spacial score (nSPS) is 16.9. The molecular formula is C10H11Cl2Zr. The molecule has 3 heteroatoms. The van der Waals surface area contributed by atoms with E-state index in [4.69, 9.17) is 0 Å². The van der Waals surface area contributed by atoms with Crippen LogP contribution in [0.2, 0.25) is 0 Å². The molecule has 0 nitrogen and oxygen atoms in total. The Morgan fingerprint density at radius 2 is 1.38 bits per heavy atom. The van der Waals surface area contributed by atoms with E-state index in [1.165, 1.54) is 12.8 Å². The molecular weight excluding hydrogens is 282 g/mol. The molecule has 0 fully saturated rings. The van der Waals surface area contributed by atoms with E-state index in [2.05, 4.69) is 36.5 Å². The van der Waals surface area contributed by atoms with Gasteiger partial charge >= 0.3 is 79.1 Å². The number of hydrogen-bond donors (Lipinski definition) is 0. The zero-order valence-electron chi connectivity index (χ0n) is 8.13. The molecule has 69 valence electrons. The van der Waals surface area contributed by atoms with Crippen LogP contribution in [-0.4, -0.2) is 0 Å². The van der Waals surface area contributed by atoms with Crippen LogP contribution in [0.5, 0.6) is 0 Å². The van der Waals surface area contributed by atoms with Crippen LogP contribution in [0.3, 0.4) is 0 Å². The summed E-state index contributed by atoms with van der Waals surface area (Å²) in [4.78, 5) is 0. The Kier molecular flexibility index (Phi) is 7.04. The molecule has 0 amide bonds. The molecule has 2 aliphatic rings. The van der Waals surface area contributed by atoms with Gasteiger partial charge < -0.3 is 26.2 Å². The van der Waals surface area contributed by atoms with Crippen molar-refractivity contribution < 1.29 is 49.5 Å². The van der Waals surface area contributed by atoms with Crippen molar-refractivity contribution in [2.45, 2.75) is 12.8 Å². The summed E-state index contributed by atoms with van der Waals surface area (Å²) in [6, 6.07) is 0. The molecule has 13 heavy (non-hydrogen) atoms. The Bertz CT molecular complexity index is 252. The predicted molar refractivity (Wildman–Crippen MR) is 44.8 cm³/mol. The number of halogens is 2. The van der Waals surface area contributed by atoms with Crippen molar-refractivity contribution in [3.05, 3.63) is 43.0 Å². The standard InChI is InChI=1S/2C5H5.2ClH.Zr.H/c2*1-2-4-5-3-1;;;;/h2*1-3H,4H2;2*1H;;/q;;;;+3;-1/p-2. The SMILES string of the molecule is C1=CC[C]([Zr+3][C]2=CC=CC2)=C1.[Cl-].[Cl-].[H-]. The van der Waals surface area contributed by atoms with Crippen molar-refractivity contribution in [3.8, 4) is 0 Å². The minimum Gasteiger partial charge on any atom is -1.00 e. The molecule has 0 saturated carbocycles. The molecule has 0 saturated heterocycles. The zero-order chi connectivity index (χ0) is 7.52. The van der Waals surface area contributed by atoms with Crippen LogP contribution in [0.4, 0.5) is 0 Å². The molecule has 0 N–H and O–H groups in total. The van der Waals surface area contributed by atoms with E-state index in [1.807, 2.05) is 0 Å².